The third-order valence-electron chi connectivity index (χ3n) is 5.26. The number of nitrogens with two attached hydrogens (primary N) is 1. The molecule has 1 amide bonds. The zero-order valence-corrected chi connectivity index (χ0v) is 19.2. The first kappa shape index (κ1) is 24.8. The molecule has 1 atom stereocenters. The predicted octanol–water partition coefficient (Wildman–Crippen LogP) is 4.61. The maximum Gasteiger partial charge on any atom is 0.405 e. The molecule has 2 heterocycles. The topological polar surface area (TPSA) is 139 Å². The number of primary amides is 1. The summed E-state index contributed by atoms with van der Waals surface area (Å²) in [7, 11) is 0. The van der Waals surface area contributed by atoms with Crippen molar-refractivity contribution >= 4 is 17.7 Å². The Labute approximate surface area is 195 Å². The van der Waals surface area contributed by atoms with Gasteiger partial charge in [0.05, 0.1) is 5.69 Å². The van der Waals surface area contributed by atoms with E-state index < -0.39 is 29.2 Å². The van der Waals surface area contributed by atoms with Gasteiger partial charge < -0.3 is 24.1 Å². The minimum atomic E-state index is -1.41. The number of hydrogen-bond acceptors (Lipinski definition) is 8. The molecule has 3 rings (SSSR count). The highest BCUT2D eigenvalue weighted by molar-refractivity contribution is 6.04. The summed E-state index contributed by atoms with van der Waals surface area (Å²) in [6.45, 7) is 4.59. The summed E-state index contributed by atoms with van der Waals surface area (Å²) in [5, 5.41) is 0. The fraction of sp³-hybridized carbons (Fsp3) is 0.375. The van der Waals surface area contributed by atoms with E-state index in [1.54, 1.807) is 0 Å². The van der Waals surface area contributed by atoms with Crippen LogP contribution in [-0.4, -0.2) is 33.2 Å². The summed E-state index contributed by atoms with van der Waals surface area (Å²) >= 11 is 0. The molecule has 0 saturated heterocycles. The number of carbonyl (C=O) groups is 3. The first-order chi connectivity index (χ1) is 16.1. The molecule has 2 aromatic heterocycles. The summed E-state index contributed by atoms with van der Waals surface area (Å²) < 4.78 is 29.6. The minimum absolute atomic E-state index is 0.0382. The molecule has 0 aliphatic heterocycles. The number of oxazole rings is 2. The number of rotatable bonds is 11. The molecular weight excluding hydrogens is 445 g/mol. The van der Waals surface area contributed by atoms with Crippen LogP contribution in [0.3, 0.4) is 0 Å². The molecule has 0 aliphatic rings. The summed E-state index contributed by atoms with van der Waals surface area (Å²) in [5.74, 6) is -1.49. The predicted molar refractivity (Wildman–Crippen MR) is 118 cm³/mol. The molecule has 2 N–H and O–H groups in total. The van der Waals surface area contributed by atoms with Crippen molar-refractivity contribution in [3.05, 3.63) is 60.0 Å². The van der Waals surface area contributed by atoms with E-state index in [4.69, 9.17) is 19.3 Å². The second-order valence-electron chi connectivity index (χ2n) is 8.43. The van der Waals surface area contributed by atoms with Crippen LogP contribution in [0.15, 0.2) is 45.8 Å². The largest absolute Gasteiger partial charge is 0.449 e. The van der Waals surface area contributed by atoms with Gasteiger partial charge in [0.2, 0.25) is 0 Å². The molecule has 0 aliphatic carbocycles. The van der Waals surface area contributed by atoms with E-state index in [9.17, 15) is 18.8 Å². The van der Waals surface area contributed by atoms with E-state index in [0.29, 0.717) is 37.1 Å². The molecular formula is C24H26FN3O6. The van der Waals surface area contributed by atoms with E-state index in [1.807, 2.05) is 0 Å². The Bertz CT molecular complexity index is 1170. The lowest BCUT2D eigenvalue weighted by atomic mass is 9.82. The lowest BCUT2D eigenvalue weighted by molar-refractivity contribution is -0.117. The number of amides is 1. The van der Waals surface area contributed by atoms with Gasteiger partial charge in [0.25, 0.3) is 0 Å². The summed E-state index contributed by atoms with van der Waals surface area (Å²) in [4.78, 5) is 44.9. The Morgan fingerprint density at radius 2 is 1.85 bits per heavy atom. The van der Waals surface area contributed by atoms with Gasteiger partial charge in [-0.2, -0.15) is 0 Å². The second kappa shape index (κ2) is 10.4. The number of halogens is 1. The van der Waals surface area contributed by atoms with Gasteiger partial charge in [-0.25, -0.2) is 19.2 Å². The number of benzene rings is 1. The molecule has 0 bridgehead atoms. The van der Waals surface area contributed by atoms with Crippen LogP contribution in [0.5, 0.6) is 0 Å². The van der Waals surface area contributed by atoms with Crippen molar-refractivity contribution in [3.8, 4) is 11.3 Å². The molecule has 180 valence electrons. The van der Waals surface area contributed by atoms with Gasteiger partial charge in [0.1, 0.15) is 29.4 Å². The lowest BCUT2D eigenvalue weighted by Crippen LogP contribution is -2.41. The molecule has 10 heteroatoms. The average Bonchev–Trinajstić information content (AvgIpc) is 3.40. The first-order valence-corrected chi connectivity index (χ1v) is 10.7. The van der Waals surface area contributed by atoms with Crippen molar-refractivity contribution in [1.82, 2.24) is 9.97 Å². The highest BCUT2D eigenvalue weighted by Gasteiger charge is 2.44. The first-order valence-electron chi connectivity index (χ1n) is 10.7. The Hall–Kier alpha value is -3.82. The number of aryl methyl sites for hydroxylation is 1. The minimum Gasteiger partial charge on any atom is -0.449 e. The number of aromatic nitrogens is 2. The fourth-order valence-electron chi connectivity index (χ4n) is 3.71. The van der Waals surface area contributed by atoms with Crippen LogP contribution in [0.1, 0.15) is 68.0 Å². The number of carbonyl (C=O) groups excluding carboxylic acids is 3. The zero-order valence-electron chi connectivity index (χ0n) is 19.2. The molecule has 0 saturated carbocycles. The monoisotopic (exact) mass is 471 g/mol. The van der Waals surface area contributed by atoms with Gasteiger partial charge in [-0.1, -0.05) is 0 Å². The van der Waals surface area contributed by atoms with Crippen LogP contribution >= 0.6 is 0 Å². The Morgan fingerprint density at radius 3 is 2.50 bits per heavy atom. The molecule has 3 aromatic rings. The van der Waals surface area contributed by atoms with Crippen LogP contribution in [0.25, 0.3) is 11.3 Å². The lowest BCUT2D eigenvalue weighted by Gasteiger charge is -2.30. The van der Waals surface area contributed by atoms with Crippen molar-refractivity contribution in [1.29, 1.82) is 0 Å². The van der Waals surface area contributed by atoms with Gasteiger partial charge >= 0.3 is 6.09 Å². The zero-order chi connectivity index (χ0) is 24.9. The van der Waals surface area contributed by atoms with Gasteiger partial charge in [-0.05, 0) is 57.9 Å². The molecule has 0 radical (unpaired) electrons. The summed E-state index contributed by atoms with van der Waals surface area (Å²) in [5.41, 5.74) is 4.47. The van der Waals surface area contributed by atoms with Crippen LogP contribution in [0.2, 0.25) is 0 Å². The quantitative estimate of drug-likeness (QED) is 0.316. The number of unbranched alkanes of at least 4 members (excludes halogenated alkanes) is 1. The van der Waals surface area contributed by atoms with Crippen LogP contribution < -0.4 is 5.73 Å². The highest BCUT2D eigenvalue weighted by Crippen LogP contribution is 2.36. The fourth-order valence-corrected chi connectivity index (χ4v) is 3.71. The van der Waals surface area contributed by atoms with Gasteiger partial charge in [-0.15, -0.1) is 0 Å². The van der Waals surface area contributed by atoms with Crippen molar-refractivity contribution < 1.29 is 32.3 Å². The second-order valence-corrected chi connectivity index (χ2v) is 8.43. The van der Waals surface area contributed by atoms with Crippen LogP contribution in [0, 0.1) is 5.82 Å². The summed E-state index contributed by atoms with van der Waals surface area (Å²) in [6.07, 6.45) is 3.67. The SMILES string of the molecule is CC(=O)CCCCc1nc(C(C(=O)c2ncoc2-c2ccc(F)cc2)C(C)(C)OC(N)=O)co1. The molecule has 0 spiro atoms. The van der Waals surface area contributed by atoms with Gasteiger partial charge in [0, 0.05) is 18.4 Å². The van der Waals surface area contributed by atoms with E-state index in [1.165, 1.54) is 51.3 Å². The number of nitrogens with zero attached hydrogens (tertiary/aromatic N) is 2. The van der Waals surface area contributed by atoms with Crippen molar-refractivity contribution in [2.75, 3.05) is 0 Å². The summed E-state index contributed by atoms with van der Waals surface area (Å²) in [6, 6.07) is 5.39. The van der Waals surface area contributed by atoms with Crippen molar-refractivity contribution in [3.63, 3.8) is 0 Å². The van der Waals surface area contributed by atoms with Crippen molar-refractivity contribution in [2.45, 2.75) is 58.0 Å². The number of hydrogen-bond donors (Lipinski definition) is 1. The Kier molecular flexibility index (Phi) is 7.60. The molecule has 1 aromatic carbocycles. The van der Waals surface area contributed by atoms with E-state index >= 15 is 0 Å². The average molecular weight is 471 g/mol. The standard InChI is InChI=1S/C24H26FN3O6/c1-14(29)6-4-5-7-18-28-17(12-32-18)19(24(2,3)34-23(26)31)21(30)20-22(33-13-27-20)15-8-10-16(25)11-9-15/h8-13,19H,4-7H2,1-3H3,(H2,26,31). The number of Topliss-reactive ketones (excluding diaryl/α,β-unsaturated/α-hetero) is 2. The van der Waals surface area contributed by atoms with E-state index in [2.05, 4.69) is 9.97 Å². The van der Waals surface area contributed by atoms with Crippen molar-refractivity contribution in [2.24, 2.45) is 5.73 Å². The Morgan fingerprint density at radius 1 is 1.15 bits per heavy atom. The molecule has 9 nitrogen and oxygen atoms in total. The third-order valence-corrected chi connectivity index (χ3v) is 5.26. The van der Waals surface area contributed by atoms with Crippen LogP contribution in [-0.2, 0) is 16.0 Å². The molecule has 34 heavy (non-hydrogen) atoms. The maximum atomic E-state index is 13.7. The highest BCUT2D eigenvalue weighted by atomic mass is 19.1. The van der Waals surface area contributed by atoms with Gasteiger partial charge in [-0.3, -0.25) is 4.79 Å². The van der Waals surface area contributed by atoms with E-state index in [-0.39, 0.29) is 22.9 Å². The third kappa shape index (κ3) is 5.94. The normalized spacial score (nSPS) is 12.4. The molecule has 0 fully saturated rings. The molecule has 1 unspecified atom stereocenters. The van der Waals surface area contributed by atoms with E-state index in [0.717, 1.165) is 6.39 Å². The van der Waals surface area contributed by atoms with Crippen LogP contribution in [0.4, 0.5) is 9.18 Å². The van der Waals surface area contributed by atoms with Gasteiger partial charge in [0.15, 0.2) is 29.5 Å². The smallest absolute Gasteiger partial charge is 0.405 e. The Balaban J connectivity index is 1.93. The number of ether oxygens (including phenoxy) is 1. The number of ketones is 2. The maximum absolute atomic E-state index is 13.7.